The van der Waals surface area contributed by atoms with E-state index < -0.39 is 37.7 Å². The van der Waals surface area contributed by atoms with Crippen LogP contribution in [0.2, 0.25) is 0 Å². The maximum Gasteiger partial charge on any atom is 0.291 e. The third kappa shape index (κ3) is 4.16. The van der Waals surface area contributed by atoms with Gasteiger partial charge in [0, 0.05) is 37.9 Å². The summed E-state index contributed by atoms with van der Waals surface area (Å²) in [5.74, 6) is -0.759. The number of morpholine rings is 1. The van der Waals surface area contributed by atoms with Gasteiger partial charge in [0.25, 0.3) is 6.43 Å². The molecule has 1 N–H and O–H groups in total. The average Bonchev–Trinajstić information content (AvgIpc) is 3.23. The molecule has 0 spiro atoms. The van der Waals surface area contributed by atoms with E-state index in [9.17, 15) is 17.2 Å². The predicted octanol–water partition coefficient (Wildman–Crippen LogP) is 2.28. The van der Waals surface area contributed by atoms with Crippen molar-refractivity contribution in [2.24, 2.45) is 0 Å². The smallest absolute Gasteiger partial charge is 0.291 e. The van der Waals surface area contributed by atoms with E-state index >= 15 is 4.39 Å². The second-order valence-corrected chi connectivity index (χ2v) is 12.3. The van der Waals surface area contributed by atoms with Crippen LogP contribution in [0.4, 0.5) is 18.9 Å². The summed E-state index contributed by atoms with van der Waals surface area (Å²) in [7, 11) is -4.24. The Kier molecular flexibility index (Phi) is 5.75. The zero-order valence-electron chi connectivity index (χ0n) is 19.3. The molecule has 2 aliphatic heterocycles. The van der Waals surface area contributed by atoms with Gasteiger partial charge in [0.05, 0.1) is 31.0 Å². The normalized spacial score (nSPS) is 22.4. The van der Waals surface area contributed by atoms with Gasteiger partial charge in [-0.25, -0.2) is 31.3 Å². The molecule has 15 heteroatoms. The van der Waals surface area contributed by atoms with Crippen LogP contribution < -0.4 is 9.62 Å². The predicted molar refractivity (Wildman–Crippen MR) is 125 cm³/mol. The molecule has 3 aromatic rings. The quantitative estimate of drug-likeness (QED) is 0.505. The Labute approximate surface area is 209 Å². The van der Waals surface area contributed by atoms with E-state index in [1.54, 1.807) is 6.92 Å². The van der Waals surface area contributed by atoms with Crippen molar-refractivity contribution in [1.29, 1.82) is 0 Å². The zero-order chi connectivity index (χ0) is 25.2. The summed E-state index contributed by atoms with van der Waals surface area (Å²) in [6, 6.07) is 0.0369. The summed E-state index contributed by atoms with van der Waals surface area (Å²) in [6.45, 7) is 5.28. The number of rotatable bonds is 6. The summed E-state index contributed by atoms with van der Waals surface area (Å²) in [5, 5.41) is 6.94. The van der Waals surface area contributed by atoms with Crippen LogP contribution in [0.25, 0.3) is 16.3 Å². The molecule has 5 heterocycles. The Bertz CT molecular complexity index is 1420. The lowest BCUT2D eigenvalue weighted by Gasteiger charge is -2.44. The van der Waals surface area contributed by atoms with Crippen LogP contribution in [0.15, 0.2) is 17.3 Å². The highest BCUT2D eigenvalue weighted by Crippen LogP contribution is 2.39. The van der Waals surface area contributed by atoms with Gasteiger partial charge in [0.1, 0.15) is 10.6 Å². The summed E-state index contributed by atoms with van der Waals surface area (Å²) >= 11 is 0.656. The molecular formula is C21H24F3N7O3S2. The van der Waals surface area contributed by atoms with E-state index in [0.717, 1.165) is 12.7 Å². The summed E-state index contributed by atoms with van der Waals surface area (Å²) in [5.41, 5.74) is -0.200. The number of imidazole rings is 1. The molecule has 1 aliphatic carbocycles. The average molecular weight is 544 g/mol. The minimum Gasteiger partial charge on any atom is -0.378 e. The Morgan fingerprint density at radius 2 is 2.06 bits per heavy atom. The molecule has 3 fully saturated rings. The molecule has 1 saturated carbocycles. The first-order valence-corrected chi connectivity index (χ1v) is 13.9. The Morgan fingerprint density at radius 3 is 2.78 bits per heavy atom. The van der Waals surface area contributed by atoms with Crippen molar-refractivity contribution in [2.45, 2.75) is 42.7 Å². The molecule has 0 unspecified atom stereocenters. The second kappa shape index (κ2) is 8.62. The van der Waals surface area contributed by atoms with Crippen molar-refractivity contribution in [2.75, 3.05) is 44.3 Å². The minimum atomic E-state index is -4.24. The van der Waals surface area contributed by atoms with Crippen molar-refractivity contribution in [3.05, 3.63) is 23.2 Å². The molecule has 2 saturated heterocycles. The number of nitrogens with one attached hydrogen (secondary N) is 1. The fourth-order valence-corrected chi connectivity index (χ4v) is 6.98. The molecule has 10 nitrogen and oxygen atoms in total. The molecule has 1 atom stereocenters. The summed E-state index contributed by atoms with van der Waals surface area (Å²) in [4.78, 5) is 7.87. The lowest BCUT2D eigenvalue weighted by atomic mass is 10.1. The minimum absolute atomic E-state index is 0.0369. The first kappa shape index (κ1) is 24.0. The Balaban J connectivity index is 1.50. The molecule has 3 aliphatic rings. The van der Waals surface area contributed by atoms with Gasteiger partial charge in [0.2, 0.25) is 10.0 Å². The first-order valence-electron chi connectivity index (χ1n) is 11.6. The topological polar surface area (TPSA) is 105 Å². The lowest BCUT2D eigenvalue weighted by molar-refractivity contribution is -0.0117. The molecular weight excluding hydrogens is 519 g/mol. The number of alkyl halides is 2. The number of fused-ring (bicyclic) bond motifs is 2. The van der Waals surface area contributed by atoms with Crippen molar-refractivity contribution in [3.63, 3.8) is 0 Å². The number of piperazine rings is 1. The number of ether oxygens (including phenoxy) is 1. The van der Waals surface area contributed by atoms with Gasteiger partial charge >= 0.3 is 0 Å². The SMILES string of the molecule is CC1(NS(=O)(=O)c2cn3c(-c4nnc(C(F)F)s4)ncc3c(N3CCN4CCOC[C@H]4C3)c2F)CC1. The molecule has 0 amide bonds. The van der Waals surface area contributed by atoms with Gasteiger partial charge in [0.15, 0.2) is 21.7 Å². The van der Waals surface area contributed by atoms with Crippen LogP contribution in [-0.2, 0) is 14.8 Å². The van der Waals surface area contributed by atoms with Crippen molar-refractivity contribution < 1.29 is 26.3 Å². The summed E-state index contributed by atoms with van der Waals surface area (Å²) in [6.07, 6.45) is 1.07. The molecule has 194 valence electrons. The third-order valence-corrected chi connectivity index (χ3v) is 9.50. The van der Waals surface area contributed by atoms with Gasteiger partial charge in [-0.3, -0.25) is 9.30 Å². The van der Waals surface area contributed by atoms with E-state index in [0.29, 0.717) is 62.5 Å². The second-order valence-electron chi connectivity index (χ2n) is 9.62. The van der Waals surface area contributed by atoms with E-state index in [1.165, 1.54) is 10.6 Å². The number of aromatic nitrogens is 4. The van der Waals surface area contributed by atoms with Crippen molar-refractivity contribution >= 4 is 32.6 Å². The number of pyridine rings is 1. The number of anilines is 1. The van der Waals surface area contributed by atoms with Gasteiger partial charge in [-0.15, -0.1) is 10.2 Å². The number of halogens is 3. The number of hydrogen-bond donors (Lipinski definition) is 1. The van der Waals surface area contributed by atoms with Crippen LogP contribution in [0, 0.1) is 5.82 Å². The Morgan fingerprint density at radius 1 is 1.25 bits per heavy atom. The maximum atomic E-state index is 16.2. The highest BCUT2D eigenvalue weighted by Gasteiger charge is 2.43. The third-order valence-electron chi connectivity index (χ3n) is 6.95. The van der Waals surface area contributed by atoms with Crippen LogP contribution in [-0.4, -0.2) is 83.9 Å². The fraction of sp³-hybridized carbons (Fsp3) is 0.571. The monoisotopic (exact) mass is 543 g/mol. The summed E-state index contributed by atoms with van der Waals surface area (Å²) < 4.78 is 78.7. The van der Waals surface area contributed by atoms with Crippen molar-refractivity contribution in [1.82, 2.24) is 29.2 Å². The van der Waals surface area contributed by atoms with Crippen LogP contribution in [0.3, 0.4) is 0 Å². The number of sulfonamides is 1. The largest absolute Gasteiger partial charge is 0.378 e. The molecule has 36 heavy (non-hydrogen) atoms. The van der Waals surface area contributed by atoms with E-state index in [2.05, 4.69) is 24.8 Å². The maximum absolute atomic E-state index is 16.2. The number of nitrogens with zero attached hydrogens (tertiary/aromatic N) is 6. The number of hydrogen-bond acceptors (Lipinski definition) is 9. The first-order chi connectivity index (χ1) is 17.2. The Hall–Kier alpha value is -2.33. The van der Waals surface area contributed by atoms with Gasteiger partial charge in [-0.05, 0) is 19.8 Å². The molecule has 6 rings (SSSR count). The molecule has 0 aromatic carbocycles. The highest BCUT2D eigenvalue weighted by atomic mass is 32.2. The van der Waals surface area contributed by atoms with Crippen LogP contribution >= 0.6 is 11.3 Å². The van der Waals surface area contributed by atoms with Crippen molar-refractivity contribution in [3.8, 4) is 10.8 Å². The molecule has 3 aromatic heterocycles. The fourth-order valence-electron chi connectivity index (χ4n) is 4.75. The van der Waals surface area contributed by atoms with E-state index in [1.807, 2.05) is 4.90 Å². The lowest BCUT2D eigenvalue weighted by Crippen LogP contribution is -2.58. The molecule has 0 bridgehead atoms. The van der Waals surface area contributed by atoms with E-state index in [4.69, 9.17) is 4.74 Å². The molecule has 0 radical (unpaired) electrons. The van der Waals surface area contributed by atoms with Gasteiger partial charge in [-0.2, -0.15) is 0 Å². The standard InChI is InChI=1S/C21H24F3N7O3S2/c1-21(2-3-21)28-36(32,33)14-10-31-13(8-25-18(31)20-27-26-19(35-20)17(23)24)16(15(14)22)30-5-4-29-6-7-34-11-12(29)9-30/h8,10,12,17,28H,2-7,9,11H2,1H3/t12-/m1/s1. The van der Waals surface area contributed by atoms with Crippen LogP contribution in [0.5, 0.6) is 0 Å². The van der Waals surface area contributed by atoms with Gasteiger partial charge in [-0.1, -0.05) is 11.3 Å². The van der Waals surface area contributed by atoms with Gasteiger partial charge < -0.3 is 9.64 Å². The van der Waals surface area contributed by atoms with Crippen LogP contribution in [0.1, 0.15) is 31.2 Å². The van der Waals surface area contributed by atoms with E-state index in [-0.39, 0.29) is 22.6 Å². The highest BCUT2D eigenvalue weighted by molar-refractivity contribution is 7.89. The zero-order valence-corrected chi connectivity index (χ0v) is 21.0.